The molecule has 0 spiro atoms. The van der Waals surface area contributed by atoms with Crippen LogP contribution in [-0.2, 0) is 11.3 Å². The minimum atomic E-state index is -2.56. The molecule has 2 aromatic carbocycles. The molecule has 0 aliphatic carbocycles. The van der Waals surface area contributed by atoms with Crippen molar-refractivity contribution in [2.45, 2.75) is 26.0 Å². The van der Waals surface area contributed by atoms with Crippen LogP contribution in [0.25, 0.3) is 5.69 Å². The first kappa shape index (κ1) is 14.0. The third-order valence-corrected chi connectivity index (χ3v) is 4.22. The van der Waals surface area contributed by atoms with Crippen molar-refractivity contribution < 1.29 is 10.3 Å². The summed E-state index contributed by atoms with van der Waals surface area (Å²) in [5.41, 5.74) is 0.388. The summed E-state index contributed by atoms with van der Waals surface area (Å²) < 4.78 is 37.4. The van der Waals surface area contributed by atoms with Gasteiger partial charge in [-0.2, -0.15) is 0 Å². The molecule has 1 atom stereocenters. The molecule has 0 aliphatic rings. The predicted molar refractivity (Wildman–Crippen MR) is 105 cm³/mol. The molecule has 0 fully saturated rings. The van der Waals surface area contributed by atoms with Crippen LogP contribution in [0.4, 0.5) is 0 Å². The Balaban J connectivity index is 1.84. The van der Waals surface area contributed by atoms with Crippen LogP contribution in [0, 0.1) is 0 Å². The van der Waals surface area contributed by atoms with Crippen LogP contribution in [0.1, 0.15) is 29.1 Å². The second-order valence-electron chi connectivity index (χ2n) is 6.20. The lowest BCUT2D eigenvalue weighted by molar-refractivity contribution is 0.106. The van der Waals surface area contributed by atoms with Crippen molar-refractivity contribution in [3.63, 3.8) is 0 Å². The number of nitrogens with zero attached hydrogens (tertiary/aromatic N) is 2. The number of hydrogen-bond acceptors (Lipinski definition) is 3. The molecular formula is C21H23N3O3. The number of nitrogens with one attached hydrogen (secondary N) is 1. The molecule has 3 aromatic rings. The van der Waals surface area contributed by atoms with E-state index >= 15 is 0 Å². The number of ether oxygens (including phenoxy) is 1. The third kappa shape index (κ3) is 4.35. The maximum atomic E-state index is 12.8. The summed E-state index contributed by atoms with van der Waals surface area (Å²) in [5, 5.41) is 0.528. The quantitative estimate of drug-likeness (QED) is 0.651. The predicted octanol–water partition coefficient (Wildman–Crippen LogP) is 3.05. The van der Waals surface area contributed by atoms with Gasteiger partial charge in [-0.05, 0) is 31.0 Å². The Kier molecular flexibility index (Phi) is 4.41. The fraction of sp³-hybridized carbons (Fsp3) is 0.238. The second kappa shape index (κ2) is 8.51. The molecule has 0 radical (unpaired) electrons. The number of para-hydroxylation sites is 1. The Morgan fingerprint density at radius 3 is 2.52 bits per heavy atom. The molecule has 140 valence electrons. The molecule has 6 nitrogen and oxygen atoms in total. The van der Waals surface area contributed by atoms with Crippen molar-refractivity contribution >= 4 is 0 Å². The zero-order valence-electron chi connectivity index (χ0n) is 18.9. The molecule has 0 saturated carbocycles. The van der Waals surface area contributed by atoms with Crippen LogP contribution in [0.5, 0.6) is 0 Å². The van der Waals surface area contributed by atoms with Gasteiger partial charge in [0.1, 0.15) is 0 Å². The van der Waals surface area contributed by atoms with Crippen LogP contribution >= 0.6 is 0 Å². The van der Waals surface area contributed by atoms with Crippen molar-refractivity contribution in [3.05, 3.63) is 98.8 Å². The normalized spacial score (nSPS) is 15.5. The van der Waals surface area contributed by atoms with E-state index in [1.165, 1.54) is 0 Å². The van der Waals surface area contributed by atoms with E-state index in [0.29, 0.717) is 21.9 Å². The molecular weight excluding hydrogens is 342 g/mol. The first-order chi connectivity index (χ1) is 14.7. The molecule has 1 aromatic heterocycles. The maximum Gasteiger partial charge on any atom is 0.351 e. The average molecular weight is 369 g/mol. The number of rotatable bonds is 7. The third-order valence-electron chi connectivity index (χ3n) is 4.22. The van der Waals surface area contributed by atoms with Gasteiger partial charge in [-0.25, -0.2) is 23.9 Å². The van der Waals surface area contributed by atoms with E-state index in [0.717, 1.165) is 9.25 Å². The molecule has 1 N–H and O–H groups in total. The van der Waals surface area contributed by atoms with Crippen molar-refractivity contribution in [3.8, 4) is 5.69 Å². The van der Waals surface area contributed by atoms with Gasteiger partial charge >= 0.3 is 11.4 Å². The van der Waals surface area contributed by atoms with Gasteiger partial charge < -0.3 is 4.74 Å². The second-order valence-corrected chi connectivity index (χ2v) is 6.20. The molecule has 0 aliphatic heterocycles. The number of methoxy groups -OCH3 is 1. The van der Waals surface area contributed by atoms with Crippen molar-refractivity contribution in [1.82, 2.24) is 14.3 Å². The van der Waals surface area contributed by atoms with E-state index < -0.39 is 24.5 Å². The summed E-state index contributed by atoms with van der Waals surface area (Å²) in [5.74, 6) is 0. The van der Waals surface area contributed by atoms with Gasteiger partial charge in [0.05, 0.1) is 22.4 Å². The van der Waals surface area contributed by atoms with E-state index in [4.69, 9.17) is 10.3 Å². The molecule has 1 unspecified atom stereocenters. The van der Waals surface area contributed by atoms with E-state index in [1.54, 1.807) is 67.6 Å². The highest BCUT2D eigenvalue weighted by atomic mass is 16.5. The number of hydrogen-bond donors (Lipinski definition) is 1. The molecule has 27 heavy (non-hydrogen) atoms. The Morgan fingerprint density at radius 2 is 1.85 bits per heavy atom. The lowest BCUT2D eigenvalue weighted by Crippen LogP contribution is -2.27. The van der Waals surface area contributed by atoms with Gasteiger partial charge in [-0.3, -0.25) is 0 Å². The average Bonchev–Trinajstić information content (AvgIpc) is 2.95. The number of aromatic amines is 1. The summed E-state index contributed by atoms with van der Waals surface area (Å²) in [6, 6.07) is 17.4. The molecule has 3 rings (SSSR count). The molecule has 0 saturated heterocycles. The Hall–Kier alpha value is -3.12. The fourth-order valence-electron chi connectivity index (χ4n) is 2.82. The summed E-state index contributed by atoms with van der Waals surface area (Å²) in [7, 11) is -2.56. The highest BCUT2D eigenvalue weighted by Gasteiger charge is 2.12. The van der Waals surface area contributed by atoms with Gasteiger partial charge in [0.15, 0.2) is 1.41 Å². The van der Waals surface area contributed by atoms with Crippen molar-refractivity contribution in [2.75, 3.05) is 7.04 Å². The van der Waals surface area contributed by atoms with Crippen molar-refractivity contribution in [1.29, 1.82) is 0 Å². The van der Waals surface area contributed by atoms with E-state index in [9.17, 15) is 9.59 Å². The Morgan fingerprint density at radius 1 is 1.19 bits per heavy atom. The minimum Gasteiger partial charge on any atom is -0.376 e. The smallest absolute Gasteiger partial charge is 0.351 e. The van der Waals surface area contributed by atoms with E-state index in [-0.39, 0.29) is 13.0 Å². The van der Waals surface area contributed by atoms with Gasteiger partial charge in [0.2, 0.25) is 0 Å². The molecule has 0 amide bonds. The largest absolute Gasteiger partial charge is 0.376 e. The number of H-pyrrole nitrogens is 1. The van der Waals surface area contributed by atoms with Gasteiger partial charge in [0, 0.05) is 7.04 Å². The molecule has 1 heterocycles. The summed E-state index contributed by atoms with van der Waals surface area (Å²) >= 11 is 0. The van der Waals surface area contributed by atoms with Crippen LogP contribution in [-0.4, -0.2) is 21.4 Å². The topological polar surface area (TPSA) is 69.0 Å². The first-order valence-corrected chi connectivity index (χ1v) is 8.55. The van der Waals surface area contributed by atoms with Crippen LogP contribution < -0.4 is 11.4 Å². The summed E-state index contributed by atoms with van der Waals surface area (Å²) in [4.78, 5) is 25.2. The van der Waals surface area contributed by atoms with E-state index in [2.05, 4.69) is 0 Å². The molecule has 0 bridgehead atoms. The van der Waals surface area contributed by atoms with Gasteiger partial charge in [-0.1, -0.05) is 60.2 Å². The Labute approximate surface area is 163 Å². The zero-order chi connectivity index (χ0) is 22.6. The van der Waals surface area contributed by atoms with Gasteiger partial charge in [0.25, 0.3) is 0 Å². The first-order valence-electron chi connectivity index (χ1n) is 10.5. The Bertz CT molecular complexity index is 1160. The monoisotopic (exact) mass is 369 g/mol. The minimum absolute atomic E-state index is 0.00663. The fourth-order valence-corrected chi connectivity index (χ4v) is 2.82. The highest BCUT2D eigenvalue weighted by molar-refractivity contribution is 5.30. The SMILES string of the molecule is [2H]n1c(=O)n(-c2ccccc2)c(=O)n1C/C(C)=C/CC(OC([2H])([2H])[2H])c1ccccc1. The maximum absolute atomic E-state index is 12.8. The van der Waals surface area contributed by atoms with Crippen LogP contribution in [0.2, 0.25) is 1.41 Å². The standard InChI is InChI=1S/C21H23N3O3/c1-16(13-14-19(27-2)17-9-5-3-6-10-17)15-23-21(26)24(20(25)22-23)18-11-7-4-8-12-18/h3-13,19H,14-15H2,1-2H3,(H,22,25)/b16-13+/i2D3/hD. The van der Waals surface area contributed by atoms with Crippen LogP contribution in [0.3, 0.4) is 0 Å². The summed E-state index contributed by atoms with van der Waals surface area (Å²) in [6.45, 7) is 1.75. The van der Waals surface area contributed by atoms with E-state index in [1.807, 2.05) is 6.07 Å². The van der Waals surface area contributed by atoms with Crippen LogP contribution in [0.15, 0.2) is 81.9 Å². The van der Waals surface area contributed by atoms with Crippen molar-refractivity contribution in [2.24, 2.45) is 0 Å². The number of benzene rings is 2. The lowest BCUT2D eigenvalue weighted by Gasteiger charge is -2.14. The zero-order valence-corrected chi connectivity index (χ0v) is 14.9. The number of aromatic nitrogens is 3. The number of allylic oxidation sites excluding steroid dienone is 1. The highest BCUT2D eigenvalue weighted by Crippen LogP contribution is 2.21. The summed E-state index contributed by atoms with van der Waals surface area (Å²) in [6.07, 6.45) is 1.30. The van der Waals surface area contributed by atoms with Gasteiger partial charge in [-0.15, -0.1) is 0 Å². The lowest BCUT2D eigenvalue weighted by atomic mass is 10.1. The molecule has 6 heteroatoms.